The standard InChI is InChI=1S/C14H10O4/c15-13(16)11-8-4-7-10(12(11)14(17)18)9-5-2-1-3-6-9/h1-8H,(H,15,16)(H,17,18)/p-2. The van der Waals surface area contributed by atoms with Gasteiger partial charge in [0.2, 0.25) is 0 Å². The zero-order valence-electron chi connectivity index (χ0n) is 9.25. The second-order valence-electron chi connectivity index (χ2n) is 3.67. The van der Waals surface area contributed by atoms with Crippen molar-refractivity contribution in [3.63, 3.8) is 0 Å². The molecule has 4 heteroatoms. The maximum atomic E-state index is 11.1. The average molecular weight is 240 g/mol. The molecule has 0 fully saturated rings. The molecule has 18 heavy (non-hydrogen) atoms. The molecule has 4 nitrogen and oxygen atoms in total. The van der Waals surface area contributed by atoms with E-state index in [1.165, 1.54) is 18.2 Å². The van der Waals surface area contributed by atoms with Crippen molar-refractivity contribution in [2.24, 2.45) is 0 Å². The van der Waals surface area contributed by atoms with Gasteiger partial charge in [-0.1, -0.05) is 48.5 Å². The van der Waals surface area contributed by atoms with Crippen molar-refractivity contribution >= 4 is 11.9 Å². The number of carboxylic acid groups (broad SMARTS) is 2. The normalized spacial score (nSPS) is 10.0. The predicted octanol–water partition coefficient (Wildman–Crippen LogP) is 0.0806. The van der Waals surface area contributed by atoms with Crippen LogP contribution in [0.25, 0.3) is 11.1 Å². The van der Waals surface area contributed by atoms with Crippen molar-refractivity contribution in [2.45, 2.75) is 0 Å². The van der Waals surface area contributed by atoms with Crippen molar-refractivity contribution in [1.82, 2.24) is 0 Å². The summed E-state index contributed by atoms with van der Waals surface area (Å²) in [7, 11) is 0. The third kappa shape index (κ3) is 2.08. The first-order chi connectivity index (χ1) is 8.61. The van der Waals surface area contributed by atoms with Gasteiger partial charge in [0.15, 0.2) is 0 Å². The van der Waals surface area contributed by atoms with Crippen LogP contribution in [0.2, 0.25) is 0 Å². The molecule has 0 N–H and O–H groups in total. The third-order valence-electron chi connectivity index (χ3n) is 2.57. The van der Waals surface area contributed by atoms with E-state index in [2.05, 4.69) is 0 Å². The fourth-order valence-electron chi connectivity index (χ4n) is 1.80. The maximum absolute atomic E-state index is 11.1. The molecule has 0 spiro atoms. The van der Waals surface area contributed by atoms with Crippen LogP contribution in [-0.4, -0.2) is 11.9 Å². The van der Waals surface area contributed by atoms with Crippen LogP contribution in [0.4, 0.5) is 0 Å². The van der Waals surface area contributed by atoms with Crippen LogP contribution >= 0.6 is 0 Å². The van der Waals surface area contributed by atoms with E-state index in [1.807, 2.05) is 0 Å². The van der Waals surface area contributed by atoms with Gasteiger partial charge < -0.3 is 19.8 Å². The molecule has 0 radical (unpaired) electrons. The Bertz CT molecular complexity index is 602. The summed E-state index contributed by atoms with van der Waals surface area (Å²) in [6.07, 6.45) is 0. The third-order valence-corrected chi connectivity index (χ3v) is 2.57. The van der Waals surface area contributed by atoms with Crippen LogP contribution in [0.15, 0.2) is 48.5 Å². The van der Waals surface area contributed by atoms with Crippen LogP contribution < -0.4 is 10.2 Å². The first kappa shape index (κ1) is 11.9. The van der Waals surface area contributed by atoms with E-state index in [4.69, 9.17) is 0 Å². The summed E-state index contributed by atoms with van der Waals surface area (Å²) >= 11 is 0. The van der Waals surface area contributed by atoms with Crippen LogP contribution in [0.3, 0.4) is 0 Å². The molecule has 0 atom stereocenters. The molecular formula is C14H8O4-2. The Morgan fingerprint density at radius 1 is 0.778 bits per heavy atom. The zero-order valence-corrected chi connectivity index (χ0v) is 9.25. The van der Waals surface area contributed by atoms with Gasteiger partial charge in [0.25, 0.3) is 0 Å². The van der Waals surface area contributed by atoms with Crippen molar-refractivity contribution in [2.75, 3.05) is 0 Å². The molecule has 0 saturated heterocycles. The van der Waals surface area contributed by atoms with E-state index in [1.54, 1.807) is 30.3 Å². The van der Waals surface area contributed by atoms with Crippen LogP contribution in [0, 0.1) is 0 Å². The maximum Gasteiger partial charge on any atom is 0.0728 e. The lowest BCUT2D eigenvalue weighted by atomic mass is 9.95. The summed E-state index contributed by atoms with van der Waals surface area (Å²) in [5, 5.41) is 22.0. The monoisotopic (exact) mass is 240 g/mol. The fourth-order valence-corrected chi connectivity index (χ4v) is 1.80. The minimum absolute atomic E-state index is 0.303. The molecule has 2 aromatic rings. The predicted molar refractivity (Wildman–Crippen MR) is 60.5 cm³/mol. The van der Waals surface area contributed by atoms with Gasteiger partial charge in [0.05, 0.1) is 11.9 Å². The Hall–Kier alpha value is -2.62. The van der Waals surface area contributed by atoms with Crippen LogP contribution in [0.5, 0.6) is 0 Å². The van der Waals surface area contributed by atoms with E-state index in [9.17, 15) is 19.8 Å². The molecule has 0 aliphatic heterocycles. The van der Waals surface area contributed by atoms with Gasteiger partial charge in [-0.2, -0.15) is 0 Å². The molecule has 2 rings (SSSR count). The molecule has 90 valence electrons. The van der Waals surface area contributed by atoms with Gasteiger partial charge in [0, 0.05) is 11.1 Å². The topological polar surface area (TPSA) is 80.3 Å². The molecule has 0 amide bonds. The van der Waals surface area contributed by atoms with Gasteiger partial charge in [0.1, 0.15) is 0 Å². The van der Waals surface area contributed by atoms with Crippen molar-refractivity contribution < 1.29 is 19.8 Å². The SMILES string of the molecule is O=C([O-])c1cccc(-c2ccccc2)c1C(=O)[O-]. The van der Waals surface area contributed by atoms with E-state index in [0.717, 1.165) is 0 Å². The molecule has 0 saturated carbocycles. The van der Waals surface area contributed by atoms with Gasteiger partial charge in [-0.15, -0.1) is 0 Å². The Labute approximate surface area is 103 Å². The van der Waals surface area contributed by atoms with Gasteiger partial charge in [-0.3, -0.25) is 0 Å². The van der Waals surface area contributed by atoms with Crippen molar-refractivity contribution in [3.8, 4) is 11.1 Å². The molecule has 0 aliphatic rings. The van der Waals surface area contributed by atoms with E-state index < -0.39 is 11.9 Å². The summed E-state index contributed by atoms with van der Waals surface area (Å²) < 4.78 is 0. The first-order valence-electron chi connectivity index (χ1n) is 5.22. The molecule has 0 aliphatic carbocycles. The van der Waals surface area contributed by atoms with E-state index in [0.29, 0.717) is 11.1 Å². The summed E-state index contributed by atoms with van der Waals surface area (Å²) in [6, 6.07) is 12.8. The Kier molecular flexibility index (Phi) is 3.10. The highest BCUT2D eigenvalue weighted by atomic mass is 16.4. The largest absolute Gasteiger partial charge is 0.545 e. The van der Waals surface area contributed by atoms with Crippen molar-refractivity contribution in [3.05, 3.63) is 59.7 Å². The first-order valence-corrected chi connectivity index (χ1v) is 5.22. The summed E-state index contributed by atoms with van der Waals surface area (Å²) in [5.41, 5.74) is 0.178. The van der Waals surface area contributed by atoms with Crippen LogP contribution in [-0.2, 0) is 0 Å². The Morgan fingerprint density at radius 2 is 1.44 bits per heavy atom. The second kappa shape index (κ2) is 4.71. The highest BCUT2D eigenvalue weighted by Gasteiger charge is 2.11. The molecule has 0 heterocycles. The van der Waals surface area contributed by atoms with Gasteiger partial charge in [-0.05, 0) is 11.1 Å². The smallest absolute Gasteiger partial charge is 0.0728 e. The highest BCUT2D eigenvalue weighted by molar-refractivity contribution is 6.05. The lowest BCUT2D eigenvalue weighted by Gasteiger charge is -2.16. The molecule has 0 bridgehead atoms. The molecular weight excluding hydrogens is 232 g/mol. The Balaban J connectivity index is 2.72. The van der Waals surface area contributed by atoms with Crippen molar-refractivity contribution in [1.29, 1.82) is 0 Å². The number of carboxylic acids is 2. The van der Waals surface area contributed by atoms with Gasteiger partial charge >= 0.3 is 0 Å². The molecule has 0 unspecified atom stereocenters. The summed E-state index contributed by atoms with van der Waals surface area (Å²) in [6.45, 7) is 0. The van der Waals surface area contributed by atoms with E-state index >= 15 is 0 Å². The molecule has 0 aromatic heterocycles. The second-order valence-corrected chi connectivity index (χ2v) is 3.67. The number of carbonyl (C=O) groups excluding carboxylic acids is 2. The number of carbonyl (C=O) groups is 2. The van der Waals surface area contributed by atoms with E-state index in [-0.39, 0.29) is 11.1 Å². The quantitative estimate of drug-likeness (QED) is 0.761. The highest BCUT2D eigenvalue weighted by Crippen LogP contribution is 2.25. The number of hydrogen-bond donors (Lipinski definition) is 0. The minimum Gasteiger partial charge on any atom is -0.545 e. The number of aromatic carboxylic acids is 2. The minimum atomic E-state index is -1.54. The lowest BCUT2D eigenvalue weighted by molar-refractivity contribution is -0.259. The van der Waals surface area contributed by atoms with Gasteiger partial charge in [-0.25, -0.2) is 0 Å². The lowest BCUT2D eigenvalue weighted by Crippen LogP contribution is -2.30. The average Bonchev–Trinajstić information content (AvgIpc) is 2.38. The zero-order chi connectivity index (χ0) is 13.1. The summed E-state index contributed by atoms with van der Waals surface area (Å²) in [4.78, 5) is 22.0. The number of hydrogen-bond acceptors (Lipinski definition) is 4. The summed E-state index contributed by atoms with van der Waals surface area (Å²) in [5.74, 6) is -3.07. The Morgan fingerprint density at radius 3 is 2.00 bits per heavy atom. The van der Waals surface area contributed by atoms with Crippen LogP contribution in [0.1, 0.15) is 20.7 Å². The molecule has 2 aromatic carbocycles. The number of rotatable bonds is 3. The number of benzene rings is 2. The fraction of sp³-hybridized carbons (Fsp3) is 0.